The van der Waals surface area contributed by atoms with Gasteiger partial charge in [-0.05, 0) is 51.3 Å². The molecule has 4 N–H and O–H groups in total. The number of piperazine rings is 1. The highest BCUT2D eigenvalue weighted by molar-refractivity contribution is 6.31. The molecule has 1 aromatic carbocycles. The molecule has 11 heteroatoms. The molecule has 2 fully saturated rings. The van der Waals surface area contributed by atoms with Gasteiger partial charge in [0.15, 0.2) is 0 Å². The number of pyridine rings is 1. The molecule has 188 valence electrons. The average molecular weight is 502 g/mol. The maximum atomic E-state index is 13.0. The van der Waals surface area contributed by atoms with Crippen molar-refractivity contribution in [2.45, 2.75) is 45.2 Å². The van der Waals surface area contributed by atoms with Crippen LogP contribution in [0.25, 0.3) is 10.9 Å². The fraction of sp³-hybridized carbons (Fsp3) is 0.500. The van der Waals surface area contributed by atoms with Crippen LogP contribution in [0.1, 0.15) is 33.1 Å². The van der Waals surface area contributed by atoms with Crippen molar-refractivity contribution in [2.75, 3.05) is 43.4 Å². The predicted octanol–water partition coefficient (Wildman–Crippen LogP) is 2.80. The standard InChI is InChI=1S/C24H32ClN7O3/c1-15(2)27-24(35)32-8-4-3-5-18(22(32)33)29-23(34)31-11-9-30(10-12-31)20-14-21(26)28-19-13-16(25)6-7-17(19)20/h6-7,13-15,18H,3-5,8-12H2,1-2H3,(H2,26,28)(H,27,35)(H,29,34)/t18-/m0/s1. The van der Waals surface area contributed by atoms with Crippen LogP contribution in [0, 0.1) is 0 Å². The number of aromatic nitrogens is 1. The van der Waals surface area contributed by atoms with Crippen LogP contribution in [0.3, 0.4) is 0 Å². The Balaban J connectivity index is 1.39. The summed E-state index contributed by atoms with van der Waals surface area (Å²) in [6, 6.07) is 5.88. The Kier molecular flexibility index (Phi) is 7.49. The van der Waals surface area contributed by atoms with Gasteiger partial charge in [-0.3, -0.25) is 9.69 Å². The lowest BCUT2D eigenvalue weighted by Gasteiger charge is -2.37. The molecule has 0 bridgehead atoms. The Morgan fingerprint density at radius 2 is 1.83 bits per heavy atom. The third kappa shape index (κ3) is 5.70. The third-order valence-corrected chi connectivity index (χ3v) is 6.56. The predicted molar refractivity (Wildman–Crippen MR) is 137 cm³/mol. The summed E-state index contributed by atoms with van der Waals surface area (Å²) in [5, 5.41) is 7.18. The van der Waals surface area contributed by atoms with Crippen molar-refractivity contribution in [2.24, 2.45) is 0 Å². The highest BCUT2D eigenvalue weighted by atomic mass is 35.5. The number of urea groups is 2. The molecule has 5 amide bonds. The number of anilines is 2. The Labute approximate surface area is 209 Å². The largest absolute Gasteiger partial charge is 0.384 e. The summed E-state index contributed by atoms with van der Waals surface area (Å²) >= 11 is 6.12. The molecule has 0 spiro atoms. The quantitative estimate of drug-likeness (QED) is 0.594. The van der Waals surface area contributed by atoms with E-state index in [-0.39, 0.29) is 18.0 Å². The van der Waals surface area contributed by atoms with Crippen molar-refractivity contribution in [3.05, 3.63) is 29.3 Å². The Morgan fingerprint density at radius 3 is 2.54 bits per heavy atom. The number of benzene rings is 1. The van der Waals surface area contributed by atoms with Gasteiger partial charge in [-0.25, -0.2) is 14.6 Å². The zero-order valence-corrected chi connectivity index (χ0v) is 20.8. The molecule has 2 aliphatic heterocycles. The summed E-state index contributed by atoms with van der Waals surface area (Å²) in [6.07, 6.45) is 1.99. The molecule has 0 aliphatic carbocycles. The lowest BCUT2D eigenvalue weighted by molar-refractivity contribution is -0.129. The van der Waals surface area contributed by atoms with Gasteiger partial charge in [0.2, 0.25) is 0 Å². The second-order valence-electron chi connectivity index (χ2n) is 9.29. The number of nitrogen functional groups attached to an aromatic ring is 1. The van der Waals surface area contributed by atoms with Crippen molar-refractivity contribution < 1.29 is 14.4 Å². The van der Waals surface area contributed by atoms with Crippen LogP contribution in [0.2, 0.25) is 5.02 Å². The van der Waals surface area contributed by atoms with Crippen LogP contribution in [0.15, 0.2) is 24.3 Å². The zero-order chi connectivity index (χ0) is 25.1. The monoisotopic (exact) mass is 501 g/mol. The maximum Gasteiger partial charge on any atom is 0.324 e. The first-order valence-electron chi connectivity index (χ1n) is 12.0. The number of fused-ring (bicyclic) bond motifs is 1. The number of hydrogen-bond acceptors (Lipinski definition) is 6. The topological polar surface area (TPSA) is 124 Å². The number of carbonyl (C=O) groups is 3. The van der Waals surface area contributed by atoms with E-state index in [2.05, 4.69) is 20.5 Å². The van der Waals surface area contributed by atoms with Crippen LogP contribution in [-0.4, -0.2) is 77.6 Å². The number of halogens is 1. The van der Waals surface area contributed by atoms with Gasteiger partial charge in [0.05, 0.1) is 5.52 Å². The number of imide groups is 1. The number of nitrogens with one attached hydrogen (secondary N) is 2. The summed E-state index contributed by atoms with van der Waals surface area (Å²) in [5.41, 5.74) is 7.71. The minimum absolute atomic E-state index is 0.0762. The van der Waals surface area contributed by atoms with E-state index in [1.807, 2.05) is 32.0 Å². The summed E-state index contributed by atoms with van der Waals surface area (Å²) in [4.78, 5) is 47.9. The van der Waals surface area contributed by atoms with Gasteiger partial charge in [-0.1, -0.05) is 11.6 Å². The minimum Gasteiger partial charge on any atom is -0.384 e. The number of amides is 5. The van der Waals surface area contributed by atoms with E-state index in [1.165, 1.54) is 4.90 Å². The molecule has 2 aliphatic rings. The molecule has 4 rings (SSSR count). The van der Waals surface area contributed by atoms with Crippen LogP contribution in [0.5, 0.6) is 0 Å². The summed E-state index contributed by atoms with van der Waals surface area (Å²) in [5.74, 6) is 0.0536. The van der Waals surface area contributed by atoms with Crippen molar-refractivity contribution in [1.29, 1.82) is 0 Å². The molecule has 10 nitrogen and oxygen atoms in total. The van der Waals surface area contributed by atoms with Crippen molar-refractivity contribution in [3.8, 4) is 0 Å². The van der Waals surface area contributed by atoms with E-state index in [0.29, 0.717) is 50.0 Å². The highest BCUT2D eigenvalue weighted by Gasteiger charge is 2.33. The van der Waals surface area contributed by atoms with Gasteiger partial charge in [0.25, 0.3) is 5.91 Å². The first-order valence-corrected chi connectivity index (χ1v) is 12.4. The lowest BCUT2D eigenvalue weighted by Crippen LogP contribution is -2.57. The molecule has 2 saturated heterocycles. The van der Waals surface area contributed by atoms with Gasteiger partial charge in [-0.15, -0.1) is 0 Å². The lowest BCUT2D eigenvalue weighted by atomic mass is 10.1. The highest BCUT2D eigenvalue weighted by Crippen LogP contribution is 2.30. The third-order valence-electron chi connectivity index (χ3n) is 6.32. The van der Waals surface area contributed by atoms with Gasteiger partial charge in [0, 0.05) is 60.9 Å². The van der Waals surface area contributed by atoms with Crippen molar-refractivity contribution in [1.82, 2.24) is 25.4 Å². The second kappa shape index (κ2) is 10.6. The molecule has 35 heavy (non-hydrogen) atoms. The van der Waals surface area contributed by atoms with Gasteiger partial charge in [-0.2, -0.15) is 0 Å². The van der Waals surface area contributed by atoms with Crippen LogP contribution >= 0.6 is 11.6 Å². The number of likely N-dealkylation sites (tertiary alicyclic amines) is 1. The number of rotatable bonds is 3. The SMILES string of the molecule is CC(C)NC(=O)N1CCCC[C@H](NC(=O)N2CCN(c3cc(N)nc4cc(Cl)ccc34)CC2)C1=O. The fourth-order valence-corrected chi connectivity index (χ4v) is 4.72. The molecule has 0 saturated carbocycles. The first-order chi connectivity index (χ1) is 16.7. The molecular formula is C24H32ClN7O3. The van der Waals surface area contributed by atoms with E-state index in [4.69, 9.17) is 17.3 Å². The van der Waals surface area contributed by atoms with Gasteiger partial charge >= 0.3 is 12.1 Å². The van der Waals surface area contributed by atoms with Crippen molar-refractivity contribution in [3.63, 3.8) is 0 Å². The number of hydrogen-bond donors (Lipinski definition) is 3. The van der Waals surface area contributed by atoms with Gasteiger partial charge in [0.1, 0.15) is 11.9 Å². The molecule has 0 unspecified atom stereocenters. The maximum absolute atomic E-state index is 13.0. The molecule has 3 heterocycles. The average Bonchev–Trinajstić information content (AvgIpc) is 2.99. The summed E-state index contributed by atoms with van der Waals surface area (Å²) in [6.45, 7) is 6.24. The minimum atomic E-state index is -0.713. The van der Waals surface area contributed by atoms with E-state index >= 15 is 0 Å². The van der Waals surface area contributed by atoms with E-state index < -0.39 is 12.1 Å². The van der Waals surface area contributed by atoms with Crippen LogP contribution in [-0.2, 0) is 4.79 Å². The summed E-state index contributed by atoms with van der Waals surface area (Å²) in [7, 11) is 0. The summed E-state index contributed by atoms with van der Waals surface area (Å²) < 4.78 is 0. The molecule has 1 atom stereocenters. The zero-order valence-electron chi connectivity index (χ0n) is 20.1. The fourth-order valence-electron chi connectivity index (χ4n) is 4.56. The normalized spacial score (nSPS) is 19.1. The number of nitrogens with zero attached hydrogens (tertiary/aromatic N) is 4. The Hall–Kier alpha value is -3.27. The molecular weight excluding hydrogens is 470 g/mol. The molecule has 2 aromatic rings. The number of carbonyl (C=O) groups excluding carboxylic acids is 3. The molecule has 1 aromatic heterocycles. The van der Waals surface area contributed by atoms with Crippen LogP contribution in [0.4, 0.5) is 21.1 Å². The van der Waals surface area contributed by atoms with E-state index in [0.717, 1.165) is 29.4 Å². The second-order valence-corrected chi connectivity index (χ2v) is 9.73. The number of nitrogens with two attached hydrogens (primary N) is 1. The Bertz CT molecular complexity index is 1110. The van der Waals surface area contributed by atoms with Crippen molar-refractivity contribution >= 4 is 52.0 Å². The Morgan fingerprint density at radius 1 is 1.09 bits per heavy atom. The first kappa shape index (κ1) is 24.8. The van der Waals surface area contributed by atoms with Crippen LogP contribution < -0.4 is 21.3 Å². The molecule has 0 radical (unpaired) electrons. The van der Waals surface area contributed by atoms with Gasteiger partial charge < -0.3 is 26.2 Å². The van der Waals surface area contributed by atoms with E-state index in [9.17, 15) is 14.4 Å². The smallest absolute Gasteiger partial charge is 0.324 e. The van der Waals surface area contributed by atoms with E-state index in [1.54, 1.807) is 11.0 Å².